The van der Waals surface area contributed by atoms with Gasteiger partial charge in [0.15, 0.2) is 0 Å². The Morgan fingerprint density at radius 3 is 1.39 bits per heavy atom. The minimum Gasteiger partial charge on any atom is -0.756 e. The van der Waals surface area contributed by atoms with Crippen LogP contribution in [0.1, 0.15) is 245 Å². The molecule has 2 N–H and O–H groups in total. The number of phosphoric ester groups is 1. The summed E-state index contributed by atoms with van der Waals surface area (Å²) in [6.07, 6.45) is 59.9. The molecule has 0 aromatic rings. The fourth-order valence-corrected chi connectivity index (χ4v) is 8.58. The summed E-state index contributed by atoms with van der Waals surface area (Å²) in [5, 5.41) is 14.0. The molecule has 64 heavy (non-hydrogen) atoms. The van der Waals surface area contributed by atoms with Gasteiger partial charge < -0.3 is 28.8 Å². The summed E-state index contributed by atoms with van der Waals surface area (Å²) in [6, 6.07) is -0.810. The van der Waals surface area contributed by atoms with Gasteiger partial charge in [-0.25, -0.2) is 0 Å². The number of unbranched alkanes of at least 4 members (excludes halogenated alkanes) is 28. The van der Waals surface area contributed by atoms with Gasteiger partial charge in [0.05, 0.1) is 39.9 Å². The first-order valence-corrected chi connectivity index (χ1v) is 28.4. The molecule has 0 aliphatic heterocycles. The number of likely N-dealkylation sites (N-methyl/N-ethyl adjacent to an activating group) is 1. The maximum Gasteiger partial charge on any atom is 0.268 e. The molecule has 0 rings (SSSR count). The molecule has 3 atom stereocenters. The summed E-state index contributed by atoms with van der Waals surface area (Å²) >= 11 is 0. The van der Waals surface area contributed by atoms with Gasteiger partial charge in [0, 0.05) is 6.42 Å². The number of phosphoric acid groups is 1. The second-order valence-electron chi connectivity index (χ2n) is 19.6. The van der Waals surface area contributed by atoms with Crippen LogP contribution < -0.4 is 10.2 Å². The summed E-state index contributed by atoms with van der Waals surface area (Å²) in [7, 11) is 1.29. The third-order valence-electron chi connectivity index (χ3n) is 12.1. The van der Waals surface area contributed by atoms with E-state index in [1.807, 2.05) is 21.1 Å². The van der Waals surface area contributed by atoms with E-state index in [1.165, 1.54) is 141 Å². The number of carbonyl (C=O) groups excluding carboxylic acids is 1. The highest BCUT2D eigenvalue weighted by atomic mass is 31.2. The normalized spacial score (nSPS) is 14.4. The molecule has 0 spiro atoms. The number of amides is 1. The van der Waals surface area contributed by atoms with Crippen LogP contribution in [0, 0.1) is 0 Å². The maximum absolute atomic E-state index is 12.9. The zero-order chi connectivity index (χ0) is 47.1. The van der Waals surface area contributed by atoms with E-state index in [9.17, 15) is 19.4 Å². The van der Waals surface area contributed by atoms with Crippen LogP contribution in [0.4, 0.5) is 0 Å². The molecule has 0 aliphatic rings. The number of hydrogen-bond donors (Lipinski definition) is 2. The molecule has 0 aliphatic carbocycles. The van der Waals surface area contributed by atoms with Gasteiger partial charge in [-0.15, -0.1) is 0 Å². The van der Waals surface area contributed by atoms with Crippen molar-refractivity contribution in [3.63, 3.8) is 0 Å². The smallest absolute Gasteiger partial charge is 0.268 e. The van der Waals surface area contributed by atoms with Crippen LogP contribution in [0.25, 0.3) is 0 Å². The highest BCUT2D eigenvalue weighted by molar-refractivity contribution is 7.45. The first-order valence-electron chi connectivity index (χ1n) is 27.0. The Morgan fingerprint density at radius 1 is 0.562 bits per heavy atom. The average molecular weight is 921 g/mol. The molecule has 9 heteroatoms. The minimum absolute atomic E-state index is 0.00774. The van der Waals surface area contributed by atoms with E-state index in [2.05, 4.69) is 67.8 Å². The van der Waals surface area contributed by atoms with Crippen molar-refractivity contribution < 1.29 is 32.9 Å². The topological polar surface area (TPSA) is 108 Å². The highest BCUT2D eigenvalue weighted by Crippen LogP contribution is 2.38. The van der Waals surface area contributed by atoms with E-state index in [-0.39, 0.29) is 19.1 Å². The molecule has 0 saturated carbocycles. The Labute approximate surface area is 397 Å². The molecule has 0 bridgehead atoms. The lowest BCUT2D eigenvalue weighted by Gasteiger charge is -2.30. The van der Waals surface area contributed by atoms with Crippen molar-refractivity contribution in [2.45, 2.75) is 257 Å². The number of aliphatic hydroxyl groups is 1. The monoisotopic (exact) mass is 921 g/mol. The first kappa shape index (κ1) is 62.5. The molecular weight excluding hydrogens is 816 g/mol. The van der Waals surface area contributed by atoms with Crippen LogP contribution in [-0.4, -0.2) is 68.5 Å². The summed E-state index contributed by atoms with van der Waals surface area (Å²) < 4.78 is 23.4. The quantitative estimate of drug-likeness (QED) is 0.0272. The van der Waals surface area contributed by atoms with Crippen LogP contribution in [0.3, 0.4) is 0 Å². The number of quaternary nitrogens is 1. The fourth-order valence-electron chi connectivity index (χ4n) is 7.86. The summed E-state index contributed by atoms with van der Waals surface area (Å²) in [6.45, 7) is 4.62. The van der Waals surface area contributed by atoms with E-state index in [4.69, 9.17) is 9.05 Å². The molecule has 3 unspecified atom stereocenters. The summed E-state index contributed by atoms with van der Waals surface area (Å²) in [5.41, 5.74) is 0. The molecule has 0 radical (unpaired) electrons. The van der Waals surface area contributed by atoms with Crippen molar-refractivity contribution in [3.05, 3.63) is 48.6 Å². The largest absolute Gasteiger partial charge is 0.756 e. The lowest BCUT2D eigenvalue weighted by Crippen LogP contribution is -2.46. The first-order chi connectivity index (χ1) is 31.0. The van der Waals surface area contributed by atoms with E-state index in [0.717, 1.165) is 77.0 Å². The Balaban J connectivity index is 4.24. The van der Waals surface area contributed by atoms with Gasteiger partial charge in [-0.05, 0) is 51.4 Å². The number of aliphatic hydroxyl groups excluding tert-OH is 1. The number of hydrogen-bond acceptors (Lipinski definition) is 6. The SMILES string of the molecule is CC/C=C\C/C=C\C/C=C\C/C=C\CCCCCCCCC(=O)NC(COP(=O)([O-])OCC[N+](C)(C)C)C(O)CCCCCCCCCCCCCCCCCCCCCCCCC. The van der Waals surface area contributed by atoms with Crippen molar-refractivity contribution in [3.8, 4) is 0 Å². The summed E-state index contributed by atoms with van der Waals surface area (Å²) in [5.74, 6) is -0.178. The third-order valence-corrected chi connectivity index (χ3v) is 13.0. The lowest BCUT2D eigenvalue weighted by molar-refractivity contribution is -0.870. The van der Waals surface area contributed by atoms with Crippen LogP contribution in [0.5, 0.6) is 0 Å². The van der Waals surface area contributed by atoms with Gasteiger partial charge in [0.25, 0.3) is 7.82 Å². The Bertz CT molecular complexity index is 1180. The van der Waals surface area contributed by atoms with Gasteiger partial charge in [-0.3, -0.25) is 9.36 Å². The Morgan fingerprint density at radius 2 is 0.953 bits per heavy atom. The van der Waals surface area contributed by atoms with E-state index in [1.54, 1.807) is 0 Å². The predicted molar refractivity (Wildman–Crippen MR) is 274 cm³/mol. The Kier molecular flexibility index (Phi) is 45.4. The maximum atomic E-state index is 12.9. The molecule has 0 aromatic carbocycles. The van der Waals surface area contributed by atoms with Gasteiger partial charge in [0.2, 0.25) is 5.91 Å². The number of nitrogens with one attached hydrogen (secondary N) is 1. The van der Waals surface area contributed by atoms with Gasteiger partial charge in [-0.1, -0.05) is 236 Å². The Hall–Kier alpha value is -1.54. The number of carbonyl (C=O) groups is 1. The van der Waals surface area contributed by atoms with Crippen molar-refractivity contribution in [1.82, 2.24) is 5.32 Å². The number of rotatable bonds is 49. The second kappa shape index (κ2) is 46.6. The van der Waals surface area contributed by atoms with E-state index < -0.39 is 20.0 Å². The lowest BCUT2D eigenvalue weighted by atomic mass is 10.0. The molecular formula is C55H105N2O6P. The molecule has 0 saturated heterocycles. The zero-order valence-corrected chi connectivity index (χ0v) is 43.6. The van der Waals surface area contributed by atoms with Crippen molar-refractivity contribution in [2.75, 3.05) is 40.9 Å². The minimum atomic E-state index is -4.58. The van der Waals surface area contributed by atoms with Gasteiger partial charge >= 0.3 is 0 Å². The van der Waals surface area contributed by atoms with E-state index >= 15 is 0 Å². The number of nitrogens with zero attached hydrogens (tertiary/aromatic N) is 1. The zero-order valence-electron chi connectivity index (χ0n) is 42.7. The predicted octanol–water partition coefficient (Wildman–Crippen LogP) is 15.3. The molecule has 1 amide bonds. The van der Waals surface area contributed by atoms with Crippen molar-refractivity contribution >= 4 is 13.7 Å². The van der Waals surface area contributed by atoms with Crippen LogP contribution >= 0.6 is 7.82 Å². The molecule has 0 aromatic heterocycles. The highest BCUT2D eigenvalue weighted by Gasteiger charge is 2.24. The fraction of sp³-hybridized carbons (Fsp3) is 0.836. The van der Waals surface area contributed by atoms with E-state index in [0.29, 0.717) is 23.9 Å². The van der Waals surface area contributed by atoms with Crippen LogP contribution in [-0.2, 0) is 18.4 Å². The molecule has 376 valence electrons. The van der Waals surface area contributed by atoms with Crippen molar-refractivity contribution in [2.24, 2.45) is 0 Å². The van der Waals surface area contributed by atoms with Crippen molar-refractivity contribution in [1.29, 1.82) is 0 Å². The standard InChI is InChI=1S/C55H105N2O6P/c1-6-8-10-12-14-16-18-20-22-24-26-27-28-29-31-32-34-36-38-40-42-44-46-48-54(58)53(52-63-64(60,61)62-51-50-57(3,4)5)56-55(59)49-47-45-43-41-39-37-35-33-30-25-23-21-19-17-15-13-11-9-7-2/h9,11,15,17,21,23,30,33,53-54,58H,6-8,10,12-14,16,18-20,22,24-29,31-32,34-52H2,1-5H3,(H-,56,59,60,61)/b11-9-,17-15-,23-21-,33-30-. The van der Waals surface area contributed by atoms with Gasteiger partial charge in [-0.2, -0.15) is 0 Å². The van der Waals surface area contributed by atoms with Crippen LogP contribution in [0.15, 0.2) is 48.6 Å². The molecule has 8 nitrogen and oxygen atoms in total. The second-order valence-corrected chi connectivity index (χ2v) is 21.0. The molecule has 0 fully saturated rings. The third kappa shape index (κ3) is 48.4. The number of allylic oxidation sites excluding steroid dienone is 8. The summed E-state index contributed by atoms with van der Waals surface area (Å²) in [4.78, 5) is 25.5. The molecule has 0 heterocycles. The average Bonchev–Trinajstić information content (AvgIpc) is 3.25. The van der Waals surface area contributed by atoms with Gasteiger partial charge in [0.1, 0.15) is 13.2 Å². The van der Waals surface area contributed by atoms with Crippen LogP contribution in [0.2, 0.25) is 0 Å².